The zero-order valence-electron chi connectivity index (χ0n) is 9.24. The fourth-order valence-corrected chi connectivity index (χ4v) is 2.52. The summed E-state index contributed by atoms with van der Waals surface area (Å²) in [5.74, 6) is 0.482. The largest absolute Gasteiger partial charge is 0.494 e. The van der Waals surface area contributed by atoms with Gasteiger partial charge in [-0.3, -0.25) is 4.21 Å². The third-order valence-corrected chi connectivity index (χ3v) is 3.53. The summed E-state index contributed by atoms with van der Waals surface area (Å²) in [7, 11) is 0.343. The van der Waals surface area contributed by atoms with Gasteiger partial charge in [-0.05, 0) is 19.0 Å². The van der Waals surface area contributed by atoms with Crippen molar-refractivity contribution in [3.8, 4) is 5.75 Å². The summed E-state index contributed by atoms with van der Waals surface area (Å²) in [5, 5.41) is 0. The molecule has 0 aliphatic carbocycles. The van der Waals surface area contributed by atoms with Crippen LogP contribution < -0.4 is 10.5 Å². The van der Waals surface area contributed by atoms with Gasteiger partial charge in [-0.25, -0.2) is 4.39 Å². The summed E-state index contributed by atoms with van der Waals surface area (Å²) in [6.45, 7) is 0.506. The van der Waals surface area contributed by atoms with Crippen molar-refractivity contribution in [2.45, 2.75) is 12.2 Å². The minimum Gasteiger partial charge on any atom is -0.494 e. The van der Waals surface area contributed by atoms with Gasteiger partial charge < -0.3 is 10.5 Å². The standard InChI is InChI=1S/C11H16FNO2S/c1-15-10-5-2-4-9(11(10)12)8-16(14)7-3-6-13/h2,4-5H,3,6-8,13H2,1H3. The van der Waals surface area contributed by atoms with Crippen LogP contribution in [0, 0.1) is 5.82 Å². The molecule has 0 fully saturated rings. The average molecular weight is 245 g/mol. The topological polar surface area (TPSA) is 52.3 Å². The number of methoxy groups -OCH3 is 1. The van der Waals surface area contributed by atoms with E-state index in [2.05, 4.69) is 0 Å². The second-order valence-electron chi connectivity index (χ2n) is 3.36. The number of rotatable bonds is 6. The number of nitrogens with two attached hydrogens (primary N) is 1. The van der Waals surface area contributed by atoms with Crippen molar-refractivity contribution in [2.24, 2.45) is 5.73 Å². The Morgan fingerprint density at radius 1 is 1.50 bits per heavy atom. The van der Waals surface area contributed by atoms with Crippen LogP contribution >= 0.6 is 0 Å². The van der Waals surface area contributed by atoms with E-state index >= 15 is 0 Å². The Bertz CT molecular complexity index is 371. The van der Waals surface area contributed by atoms with Gasteiger partial charge in [0, 0.05) is 22.1 Å². The number of halogens is 1. The van der Waals surface area contributed by atoms with Crippen LogP contribution in [0.5, 0.6) is 5.75 Å². The summed E-state index contributed by atoms with van der Waals surface area (Å²) < 4.78 is 30.1. The first-order valence-electron chi connectivity index (χ1n) is 5.05. The first-order chi connectivity index (χ1) is 7.69. The Hall–Kier alpha value is -0.940. The lowest BCUT2D eigenvalue weighted by Crippen LogP contribution is -2.08. The number of hydrogen-bond acceptors (Lipinski definition) is 3. The van der Waals surface area contributed by atoms with Crippen LogP contribution in [0.25, 0.3) is 0 Å². The van der Waals surface area contributed by atoms with E-state index in [1.807, 2.05) is 0 Å². The van der Waals surface area contributed by atoms with Crippen molar-refractivity contribution in [2.75, 3.05) is 19.4 Å². The van der Waals surface area contributed by atoms with Gasteiger partial charge in [0.05, 0.1) is 12.9 Å². The van der Waals surface area contributed by atoms with Gasteiger partial charge in [-0.1, -0.05) is 12.1 Å². The Balaban J connectivity index is 2.70. The van der Waals surface area contributed by atoms with Crippen molar-refractivity contribution in [1.29, 1.82) is 0 Å². The van der Waals surface area contributed by atoms with E-state index in [0.29, 0.717) is 24.3 Å². The van der Waals surface area contributed by atoms with Crippen LogP contribution in [0.4, 0.5) is 4.39 Å². The van der Waals surface area contributed by atoms with Gasteiger partial charge in [0.25, 0.3) is 0 Å². The summed E-state index contributed by atoms with van der Waals surface area (Å²) in [5.41, 5.74) is 5.74. The van der Waals surface area contributed by atoms with E-state index in [-0.39, 0.29) is 11.5 Å². The highest BCUT2D eigenvalue weighted by atomic mass is 32.2. The van der Waals surface area contributed by atoms with Gasteiger partial charge in [0.15, 0.2) is 11.6 Å². The normalized spacial score (nSPS) is 12.4. The summed E-state index contributed by atoms with van der Waals surface area (Å²) in [6, 6.07) is 4.86. The van der Waals surface area contributed by atoms with Gasteiger partial charge in [0.2, 0.25) is 0 Å². The quantitative estimate of drug-likeness (QED) is 0.825. The summed E-state index contributed by atoms with van der Waals surface area (Å²) in [4.78, 5) is 0. The zero-order chi connectivity index (χ0) is 12.0. The van der Waals surface area contributed by atoms with E-state index in [9.17, 15) is 8.60 Å². The molecule has 1 atom stereocenters. The fraction of sp³-hybridized carbons (Fsp3) is 0.455. The van der Waals surface area contributed by atoms with Crippen molar-refractivity contribution in [3.05, 3.63) is 29.6 Å². The minimum atomic E-state index is -1.07. The maximum absolute atomic E-state index is 13.7. The van der Waals surface area contributed by atoms with Crippen LogP contribution in [0.3, 0.4) is 0 Å². The summed E-state index contributed by atoms with van der Waals surface area (Å²) >= 11 is 0. The molecule has 1 unspecified atom stereocenters. The first-order valence-corrected chi connectivity index (χ1v) is 6.54. The predicted octanol–water partition coefficient (Wildman–Crippen LogP) is 1.43. The van der Waals surface area contributed by atoms with Crippen LogP contribution in [-0.4, -0.2) is 23.6 Å². The molecular weight excluding hydrogens is 229 g/mol. The molecule has 3 nitrogen and oxygen atoms in total. The third-order valence-electron chi connectivity index (χ3n) is 2.16. The molecule has 0 radical (unpaired) electrons. The maximum Gasteiger partial charge on any atom is 0.169 e. The molecular formula is C11H16FNO2S. The molecule has 1 aromatic carbocycles. The minimum absolute atomic E-state index is 0.188. The van der Waals surface area contributed by atoms with Gasteiger partial charge in [-0.15, -0.1) is 0 Å². The smallest absolute Gasteiger partial charge is 0.169 e. The average Bonchev–Trinajstić information content (AvgIpc) is 2.29. The van der Waals surface area contributed by atoms with E-state index in [1.165, 1.54) is 7.11 Å². The van der Waals surface area contributed by atoms with Gasteiger partial charge in [-0.2, -0.15) is 0 Å². The number of ether oxygens (including phenoxy) is 1. The molecule has 0 amide bonds. The van der Waals surface area contributed by atoms with Gasteiger partial charge in [0.1, 0.15) is 0 Å². The molecule has 2 N–H and O–H groups in total. The van der Waals surface area contributed by atoms with Crippen LogP contribution in [-0.2, 0) is 16.6 Å². The molecule has 0 aliphatic rings. The van der Waals surface area contributed by atoms with Crippen molar-refractivity contribution in [3.63, 3.8) is 0 Å². The molecule has 0 aromatic heterocycles. The molecule has 5 heteroatoms. The zero-order valence-corrected chi connectivity index (χ0v) is 10.1. The SMILES string of the molecule is COc1cccc(CS(=O)CCCN)c1F. The lowest BCUT2D eigenvalue weighted by Gasteiger charge is -2.07. The molecule has 1 rings (SSSR count). The monoisotopic (exact) mass is 245 g/mol. The molecule has 0 spiro atoms. The Morgan fingerprint density at radius 3 is 2.88 bits per heavy atom. The molecule has 0 heterocycles. The Morgan fingerprint density at radius 2 is 2.25 bits per heavy atom. The van der Waals surface area contributed by atoms with E-state index < -0.39 is 16.6 Å². The van der Waals surface area contributed by atoms with Crippen molar-refractivity contribution in [1.82, 2.24) is 0 Å². The molecule has 0 bridgehead atoms. The highest BCUT2D eigenvalue weighted by Gasteiger charge is 2.10. The van der Waals surface area contributed by atoms with Crippen molar-refractivity contribution < 1.29 is 13.3 Å². The highest BCUT2D eigenvalue weighted by Crippen LogP contribution is 2.21. The Kier molecular flexibility index (Phi) is 5.42. The lowest BCUT2D eigenvalue weighted by atomic mass is 10.2. The van der Waals surface area contributed by atoms with E-state index in [1.54, 1.807) is 18.2 Å². The molecule has 0 saturated carbocycles. The predicted molar refractivity (Wildman–Crippen MR) is 63.3 cm³/mol. The van der Waals surface area contributed by atoms with Crippen LogP contribution in [0.15, 0.2) is 18.2 Å². The lowest BCUT2D eigenvalue weighted by molar-refractivity contribution is 0.385. The molecule has 0 saturated heterocycles. The molecule has 16 heavy (non-hydrogen) atoms. The highest BCUT2D eigenvalue weighted by molar-refractivity contribution is 7.84. The molecule has 0 aliphatic heterocycles. The Labute approximate surface area is 97.2 Å². The fourth-order valence-electron chi connectivity index (χ4n) is 1.32. The molecule has 1 aromatic rings. The molecule has 90 valence electrons. The first kappa shape index (κ1) is 13.1. The van der Waals surface area contributed by atoms with Gasteiger partial charge >= 0.3 is 0 Å². The number of hydrogen-bond donors (Lipinski definition) is 1. The second kappa shape index (κ2) is 6.60. The second-order valence-corrected chi connectivity index (χ2v) is 4.94. The van der Waals surface area contributed by atoms with E-state index in [0.717, 1.165) is 0 Å². The van der Waals surface area contributed by atoms with Crippen LogP contribution in [0.1, 0.15) is 12.0 Å². The van der Waals surface area contributed by atoms with Crippen LogP contribution in [0.2, 0.25) is 0 Å². The summed E-state index contributed by atoms with van der Waals surface area (Å²) in [6.07, 6.45) is 0.693. The number of benzene rings is 1. The maximum atomic E-state index is 13.7. The van der Waals surface area contributed by atoms with E-state index in [4.69, 9.17) is 10.5 Å². The van der Waals surface area contributed by atoms with Crippen molar-refractivity contribution >= 4 is 10.8 Å². The third kappa shape index (κ3) is 3.57.